The second-order valence-corrected chi connectivity index (χ2v) is 8.25. The van der Waals surface area contributed by atoms with Crippen LogP contribution < -0.4 is 5.73 Å². The van der Waals surface area contributed by atoms with Gasteiger partial charge >= 0.3 is 0 Å². The highest BCUT2D eigenvalue weighted by atomic mass is 14.7. The van der Waals surface area contributed by atoms with Crippen LogP contribution in [0.15, 0.2) is 0 Å². The Hall–Kier alpha value is -0.0400. The maximum absolute atomic E-state index is 6.21. The molecule has 1 heteroatoms. The highest BCUT2D eigenvalue weighted by Gasteiger charge is 2.29. The molecule has 18 heavy (non-hydrogen) atoms. The summed E-state index contributed by atoms with van der Waals surface area (Å²) in [5.41, 5.74) is 6.73. The lowest BCUT2D eigenvalue weighted by atomic mass is 9.72. The van der Waals surface area contributed by atoms with E-state index in [-0.39, 0.29) is 5.54 Å². The van der Waals surface area contributed by atoms with Crippen molar-refractivity contribution < 1.29 is 0 Å². The van der Waals surface area contributed by atoms with Crippen molar-refractivity contribution in [1.82, 2.24) is 0 Å². The molecular formula is C17H35N. The minimum absolute atomic E-state index is 0.0119. The Labute approximate surface area is 115 Å². The quantitative estimate of drug-likeness (QED) is 0.740. The van der Waals surface area contributed by atoms with Gasteiger partial charge in [-0.25, -0.2) is 0 Å². The molecule has 108 valence electrons. The lowest BCUT2D eigenvalue weighted by molar-refractivity contribution is 0.174. The van der Waals surface area contributed by atoms with Gasteiger partial charge in [0, 0.05) is 5.54 Å². The Bertz CT molecular complexity index is 236. The summed E-state index contributed by atoms with van der Waals surface area (Å²) in [7, 11) is 0. The van der Waals surface area contributed by atoms with E-state index in [9.17, 15) is 0 Å². The first-order chi connectivity index (χ1) is 8.20. The molecule has 0 spiro atoms. The molecular weight excluding hydrogens is 218 g/mol. The molecule has 1 aliphatic carbocycles. The van der Waals surface area contributed by atoms with E-state index >= 15 is 0 Å². The van der Waals surface area contributed by atoms with Gasteiger partial charge in [0.15, 0.2) is 0 Å². The van der Waals surface area contributed by atoms with Crippen molar-refractivity contribution in [3.63, 3.8) is 0 Å². The Morgan fingerprint density at radius 3 is 2.39 bits per heavy atom. The third-order valence-corrected chi connectivity index (χ3v) is 4.65. The van der Waals surface area contributed by atoms with E-state index in [0.717, 1.165) is 18.3 Å². The zero-order valence-corrected chi connectivity index (χ0v) is 13.4. The summed E-state index contributed by atoms with van der Waals surface area (Å²) in [6.07, 6.45) is 11.1. The van der Waals surface area contributed by atoms with Crippen LogP contribution in [0.25, 0.3) is 0 Å². The summed E-state index contributed by atoms with van der Waals surface area (Å²) in [6.45, 7) is 11.7. The smallest absolute Gasteiger partial charge is 0.00996 e. The van der Waals surface area contributed by atoms with E-state index in [1.54, 1.807) is 0 Å². The van der Waals surface area contributed by atoms with Crippen LogP contribution in [0.5, 0.6) is 0 Å². The standard InChI is InChI=1S/C17H35N/c1-14(12-17(4,5)18)15-10-8-6-7-9-11-16(2,3)13-15/h14-15H,6-13,18H2,1-5H3. The number of hydrogen-bond donors (Lipinski definition) is 1. The van der Waals surface area contributed by atoms with Crippen molar-refractivity contribution >= 4 is 0 Å². The molecule has 2 unspecified atom stereocenters. The van der Waals surface area contributed by atoms with Crippen LogP contribution in [0.4, 0.5) is 0 Å². The Morgan fingerprint density at radius 2 is 1.78 bits per heavy atom. The van der Waals surface area contributed by atoms with Crippen molar-refractivity contribution in [3.8, 4) is 0 Å². The van der Waals surface area contributed by atoms with Gasteiger partial charge in [0.2, 0.25) is 0 Å². The van der Waals surface area contributed by atoms with E-state index in [2.05, 4.69) is 34.6 Å². The molecule has 0 saturated heterocycles. The van der Waals surface area contributed by atoms with Crippen LogP contribution in [0.1, 0.15) is 86.0 Å². The average molecular weight is 253 g/mol. The molecule has 1 rings (SSSR count). The maximum Gasteiger partial charge on any atom is 0.00996 e. The molecule has 1 saturated carbocycles. The lowest BCUT2D eigenvalue weighted by Crippen LogP contribution is -2.36. The molecule has 0 aromatic rings. The van der Waals surface area contributed by atoms with Gasteiger partial charge in [0.1, 0.15) is 0 Å². The topological polar surface area (TPSA) is 26.0 Å². The van der Waals surface area contributed by atoms with Crippen LogP contribution in [0.3, 0.4) is 0 Å². The van der Waals surface area contributed by atoms with E-state index in [0.29, 0.717) is 5.41 Å². The van der Waals surface area contributed by atoms with Crippen molar-refractivity contribution in [2.75, 3.05) is 0 Å². The van der Waals surface area contributed by atoms with Crippen LogP contribution >= 0.6 is 0 Å². The molecule has 0 aromatic heterocycles. The van der Waals surface area contributed by atoms with Crippen molar-refractivity contribution in [2.24, 2.45) is 23.0 Å². The Kier molecular flexibility index (Phi) is 5.70. The zero-order chi connectivity index (χ0) is 13.8. The molecule has 0 amide bonds. The molecule has 0 aromatic carbocycles. The van der Waals surface area contributed by atoms with Gasteiger partial charge in [0.05, 0.1) is 0 Å². The summed E-state index contributed by atoms with van der Waals surface area (Å²) < 4.78 is 0. The van der Waals surface area contributed by atoms with Gasteiger partial charge in [-0.1, -0.05) is 52.9 Å². The first-order valence-electron chi connectivity index (χ1n) is 7.98. The van der Waals surface area contributed by atoms with Gasteiger partial charge in [-0.05, 0) is 50.4 Å². The maximum atomic E-state index is 6.21. The number of hydrogen-bond acceptors (Lipinski definition) is 1. The molecule has 0 aliphatic heterocycles. The molecule has 0 heterocycles. The monoisotopic (exact) mass is 253 g/mol. The number of nitrogens with two attached hydrogens (primary N) is 1. The second kappa shape index (κ2) is 6.41. The third-order valence-electron chi connectivity index (χ3n) is 4.65. The second-order valence-electron chi connectivity index (χ2n) is 8.25. The third kappa shape index (κ3) is 6.22. The highest BCUT2D eigenvalue weighted by molar-refractivity contribution is 4.83. The van der Waals surface area contributed by atoms with Gasteiger partial charge in [0.25, 0.3) is 0 Å². The molecule has 1 aliphatic rings. The fourth-order valence-corrected chi connectivity index (χ4v) is 3.76. The zero-order valence-electron chi connectivity index (χ0n) is 13.4. The largest absolute Gasteiger partial charge is 0.326 e. The normalized spacial score (nSPS) is 28.0. The molecule has 0 radical (unpaired) electrons. The first kappa shape index (κ1) is 16.0. The molecule has 1 nitrogen and oxygen atoms in total. The van der Waals surface area contributed by atoms with Gasteiger partial charge in [-0.3, -0.25) is 0 Å². The fourth-order valence-electron chi connectivity index (χ4n) is 3.76. The highest BCUT2D eigenvalue weighted by Crippen LogP contribution is 2.39. The van der Waals surface area contributed by atoms with Crippen molar-refractivity contribution in [2.45, 2.75) is 91.5 Å². The Balaban J connectivity index is 2.64. The van der Waals surface area contributed by atoms with Gasteiger partial charge in [-0.2, -0.15) is 0 Å². The van der Waals surface area contributed by atoms with Crippen LogP contribution in [0, 0.1) is 17.3 Å². The predicted molar refractivity (Wildman–Crippen MR) is 81.6 cm³/mol. The summed E-state index contributed by atoms with van der Waals surface area (Å²) in [5, 5.41) is 0. The molecule has 0 bridgehead atoms. The lowest BCUT2D eigenvalue weighted by Gasteiger charge is -2.35. The predicted octanol–water partition coefficient (Wildman–Crippen LogP) is 5.14. The van der Waals surface area contributed by atoms with Crippen LogP contribution in [0.2, 0.25) is 0 Å². The minimum atomic E-state index is -0.0119. The van der Waals surface area contributed by atoms with E-state index in [4.69, 9.17) is 5.73 Å². The molecule has 2 atom stereocenters. The summed E-state index contributed by atoms with van der Waals surface area (Å²) in [5.74, 6) is 1.64. The van der Waals surface area contributed by atoms with Crippen LogP contribution in [-0.2, 0) is 0 Å². The summed E-state index contributed by atoms with van der Waals surface area (Å²) in [6, 6.07) is 0. The first-order valence-corrected chi connectivity index (χ1v) is 7.98. The van der Waals surface area contributed by atoms with E-state index < -0.39 is 0 Å². The van der Waals surface area contributed by atoms with Gasteiger partial charge in [-0.15, -0.1) is 0 Å². The Morgan fingerprint density at radius 1 is 1.17 bits per heavy atom. The summed E-state index contributed by atoms with van der Waals surface area (Å²) >= 11 is 0. The van der Waals surface area contributed by atoms with Gasteiger partial charge < -0.3 is 5.73 Å². The van der Waals surface area contributed by atoms with Crippen LogP contribution in [-0.4, -0.2) is 5.54 Å². The van der Waals surface area contributed by atoms with Crippen molar-refractivity contribution in [1.29, 1.82) is 0 Å². The minimum Gasteiger partial charge on any atom is -0.326 e. The average Bonchev–Trinajstić information content (AvgIpc) is 2.25. The number of rotatable bonds is 3. The SMILES string of the molecule is CC(CC(C)(C)N)C1CCCCCCC(C)(C)C1. The fraction of sp³-hybridized carbons (Fsp3) is 1.00. The summed E-state index contributed by atoms with van der Waals surface area (Å²) in [4.78, 5) is 0. The molecule has 1 fully saturated rings. The van der Waals surface area contributed by atoms with E-state index in [1.807, 2.05) is 0 Å². The van der Waals surface area contributed by atoms with E-state index in [1.165, 1.54) is 44.9 Å². The van der Waals surface area contributed by atoms with Crippen molar-refractivity contribution in [3.05, 3.63) is 0 Å². The molecule has 2 N–H and O–H groups in total.